The molecule has 240 valence electrons. The number of β-lactam (4-membered cyclic amide) rings is 1. The first-order valence-electron chi connectivity index (χ1n) is 12.6. The number of thioether (sulfide) groups is 1. The largest absolute Gasteiger partial charge is 0.490 e. The molecule has 6 N–H and O–H groups in total. The lowest BCUT2D eigenvalue weighted by Crippen LogP contribution is -2.80. The molecule has 17 nitrogen and oxygen atoms in total. The second-order valence-electron chi connectivity index (χ2n) is 9.29. The number of nitrogens with two attached hydrogens (primary N) is 1. The van der Waals surface area contributed by atoms with Gasteiger partial charge >= 0.3 is 28.3 Å². The number of hydrogen-bond acceptors (Lipinski definition) is 13. The number of methoxy groups -OCH3 is 2. The number of carboxylic acids is 2. The standard InChI is InChI=1S/C25H29N3O14S2/c1-39-17(10-13-6-8-15(9-7-13)42-44(36,37)38)22(34)41-11-14-12-43-24-25(40-2,23(35)28(24)19(14)21(32)33)27-18(29)5-3-4-16(26)20(30)31/h6-10,16,24H,3-5,11-12,26H2,1-2H3,(H,27,29)(H,30,31)(H,32,33)(H,36,37,38)/t16-,24+,25-/m0/s1. The number of carboxylic acid groups (broad SMARTS) is 2. The Bertz CT molecular complexity index is 1490. The molecule has 0 saturated carbocycles. The Morgan fingerprint density at radius 3 is 2.41 bits per heavy atom. The summed E-state index contributed by atoms with van der Waals surface area (Å²) < 4.78 is 50.4. The van der Waals surface area contributed by atoms with Gasteiger partial charge in [-0.3, -0.25) is 23.8 Å². The van der Waals surface area contributed by atoms with Crippen LogP contribution in [0.25, 0.3) is 6.08 Å². The number of esters is 1. The first-order chi connectivity index (χ1) is 20.6. The minimum Gasteiger partial charge on any atom is -0.490 e. The molecular weight excluding hydrogens is 630 g/mol. The van der Waals surface area contributed by atoms with Crippen molar-refractivity contribution in [2.45, 2.75) is 36.4 Å². The van der Waals surface area contributed by atoms with Crippen molar-refractivity contribution in [1.82, 2.24) is 10.2 Å². The van der Waals surface area contributed by atoms with Gasteiger partial charge in [-0.25, -0.2) is 9.59 Å². The Morgan fingerprint density at radius 2 is 1.86 bits per heavy atom. The first kappa shape index (κ1) is 34.3. The fourth-order valence-electron chi connectivity index (χ4n) is 4.25. The normalized spacial score (nSPS) is 20.6. The third-order valence-corrected chi connectivity index (χ3v) is 8.15. The summed E-state index contributed by atoms with van der Waals surface area (Å²) in [5, 5.41) is 20.3. The van der Waals surface area contributed by atoms with Crippen molar-refractivity contribution in [2.75, 3.05) is 26.6 Å². The lowest BCUT2D eigenvalue weighted by atomic mass is 9.97. The van der Waals surface area contributed by atoms with Crippen molar-refractivity contribution in [3.8, 4) is 5.75 Å². The average molecular weight is 660 g/mol. The van der Waals surface area contributed by atoms with Gasteiger partial charge in [-0.1, -0.05) is 12.1 Å². The molecule has 3 atom stereocenters. The molecular formula is C25H29N3O14S2. The molecule has 0 aliphatic carbocycles. The van der Waals surface area contributed by atoms with E-state index in [2.05, 4.69) is 9.50 Å². The molecule has 2 heterocycles. The minimum atomic E-state index is -4.72. The molecule has 1 saturated heterocycles. The van der Waals surface area contributed by atoms with Crippen LogP contribution in [0.15, 0.2) is 41.3 Å². The quantitative estimate of drug-likeness (QED) is 0.0404. The third-order valence-electron chi connectivity index (χ3n) is 6.37. The van der Waals surface area contributed by atoms with E-state index in [9.17, 15) is 37.5 Å². The van der Waals surface area contributed by atoms with Gasteiger partial charge in [0, 0.05) is 24.9 Å². The zero-order chi connectivity index (χ0) is 32.8. The summed E-state index contributed by atoms with van der Waals surface area (Å²) >= 11 is 1.06. The fraction of sp³-hybridized carbons (Fsp3) is 0.400. The summed E-state index contributed by atoms with van der Waals surface area (Å²) in [6, 6.07) is 3.98. The predicted molar refractivity (Wildman–Crippen MR) is 150 cm³/mol. The van der Waals surface area contributed by atoms with Gasteiger partial charge in [0.2, 0.25) is 11.7 Å². The molecule has 2 amide bonds. The maximum Gasteiger partial charge on any atom is 0.446 e. The molecule has 1 aromatic carbocycles. The Balaban J connectivity index is 1.69. The van der Waals surface area contributed by atoms with Crippen molar-refractivity contribution in [1.29, 1.82) is 0 Å². The summed E-state index contributed by atoms with van der Waals surface area (Å²) in [6.07, 6.45) is 1.24. The van der Waals surface area contributed by atoms with Gasteiger partial charge in [0.1, 0.15) is 29.5 Å². The lowest BCUT2D eigenvalue weighted by Gasteiger charge is -2.55. The molecule has 0 unspecified atom stereocenters. The summed E-state index contributed by atoms with van der Waals surface area (Å²) in [6.45, 7) is -0.526. The number of amides is 2. The summed E-state index contributed by atoms with van der Waals surface area (Å²) in [7, 11) is -2.36. The SMILES string of the molecule is COC(=Cc1ccc(OS(=O)(=O)O)cc1)C(=O)OCC1=C(C(=O)O)N2C(=O)[C@](NC(=O)CCC[C@H](N)C(=O)O)(OC)[C@H]2SC1. The van der Waals surface area contributed by atoms with E-state index in [1.54, 1.807) is 0 Å². The molecule has 2 aliphatic rings. The number of fused-ring (bicyclic) bond motifs is 1. The van der Waals surface area contributed by atoms with Crippen LogP contribution in [-0.2, 0) is 48.6 Å². The van der Waals surface area contributed by atoms with E-state index in [0.717, 1.165) is 16.7 Å². The average Bonchev–Trinajstić information content (AvgIpc) is 2.96. The van der Waals surface area contributed by atoms with E-state index < -0.39 is 69.6 Å². The lowest BCUT2D eigenvalue weighted by molar-refractivity contribution is -0.192. The van der Waals surface area contributed by atoms with Crippen LogP contribution in [0.2, 0.25) is 0 Å². The van der Waals surface area contributed by atoms with E-state index >= 15 is 0 Å². The predicted octanol–water partition coefficient (Wildman–Crippen LogP) is -0.306. The van der Waals surface area contributed by atoms with Crippen LogP contribution in [-0.4, -0.2) is 102 Å². The molecule has 0 radical (unpaired) electrons. The van der Waals surface area contributed by atoms with E-state index in [0.29, 0.717) is 5.56 Å². The minimum absolute atomic E-state index is 0.0148. The molecule has 1 fully saturated rings. The van der Waals surface area contributed by atoms with Crippen LogP contribution in [0.1, 0.15) is 24.8 Å². The summed E-state index contributed by atoms with van der Waals surface area (Å²) in [4.78, 5) is 62.4. The van der Waals surface area contributed by atoms with Crippen LogP contribution in [0.4, 0.5) is 0 Å². The van der Waals surface area contributed by atoms with Crippen LogP contribution in [0.5, 0.6) is 5.75 Å². The number of nitrogens with one attached hydrogen (secondary N) is 1. The smallest absolute Gasteiger partial charge is 0.446 e. The number of ether oxygens (including phenoxy) is 3. The summed E-state index contributed by atoms with van der Waals surface area (Å²) in [5.41, 5.74) is 3.56. The van der Waals surface area contributed by atoms with Crippen molar-refractivity contribution in [2.24, 2.45) is 5.73 Å². The highest BCUT2D eigenvalue weighted by atomic mass is 32.3. The molecule has 19 heteroatoms. The van der Waals surface area contributed by atoms with Crippen molar-refractivity contribution >= 4 is 58.0 Å². The Labute approximate surface area is 254 Å². The van der Waals surface area contributed by atoms with Crippen LogP contribution >= 0.6 is 11.8 Å². The van der Waals surface area contributed by atoms with E-state index in [-0.39, 0.29) is 42.1 Å². The third kappa shape index (κ3) is 7.85. The van der Waals surface area contributed by atoms with Gasteiger partial charge in [0.05, 0.1) is 7.11 Å². The maximum atomic E-state index is 13.2. The highest BCUT2D eigenvalue weighted by molar-refractivity contribution is 8.00. The van der Waals surface area contributed by atoms with Crippen LogP contribution in [0.3, 0.4) is 0 Å². The Hall–Kier alpha value is -4.17. The van der Waals surface area contributed by atoms with Crippen molar-refractivity contribution < 1.29 is 65.5 Å². The topological polar surface area (TPSA) is 258 Å². The highest BCUT2D eigenvalue weighted by Crippen LogP contribution is 2.46. The van der Waals surface area contributed by atoms with Crippen molar-refractivity contribution in [3.05, 3.63) is 46.9 Å². The molecule has 2 aliphatic heterocycles. The maximum absolute atomic E-state index is 13.2. The number of carbonyl (C=O) groups excluding carboxylic acids is 3. The number of aliphatic carboxylic acids is 2. The monoisotopic (exact) mass is 659 g/mol. The van der Waals surface area contributed by atoms with Gasteiger partial charge in [0.15, 0.2) is 0 Å². The molecule has 0 spiro atoms. The summed E-state index contributed by atoms with van der Waals surface area (Å²) in [5.74, 6) is -5.67. The number of carbonyl (C=O) groups is 5. The number of nitrogens with zero attached hydrogens (tertiary/aromatic N) is 1. The molecule has 0 bridgehead atoms. The number of rotatable bonds is 15. The van der Waals surface area contributed by atoms with Gasteiger partial charge in [-0.05, 0) is 36.6 Å². The second-order valence-corrected chi connectivity index (χ2v) is 11.4. The first-order valence-corrected chi connectivity index (χ1v) is 15.0. The Kier molecular flexibility index (Phi) is 11.0. The number of benzene rings is 1. The van der Waals surface area contributed by atoms with Gasteiger partial charge in [0.25, 0.3) is 11.6 Å². The zero-order valence-corrected chi connectivity index (χ0v) is 24.9. The molecule has 44 heavy (non-hydrogen) atoms. The van der Waals surface area contributed by atoms with Gasteiger partial charge in [-0.2, -0.15) is 8.42 Å². The van der Waals surface area contributed by atoms with Crippen LogP contribution < -0.4 is 15.2 Å². The van der Waals surface area contributed by atoms with E-state index in [1.165, 1.54) is 44.6 Å². The number of hydrogen-bond donors (Lipinski definition) is 5. The second kappa shape index (κ2) is 14.1. The van der Waals surface area contributed by atoms with E-state index in [4.69, 9.17) is 29.6 Å². The molecule has 1 aromatic rings. The molecule has 3 rings (SSSR count). The highest BCUT2D eigenvalue weighted by Gasteiger charge is 2.66. The fourth-order valence-corrected chi connectivity index (χ4v) is 6.02. The van der Waals surface area contributed by atoms with Crippen LogP contribution in [0, 0.1) is 0 Å². The van der Waals surface area contributed by atoms with Crippen molar-refractivity contribution in [3.63, 3.8) is 0 Å². The van der Waals surface area contributed by atoms with Gasteiger partial charge in [-0.15, -0.1) is 11.8 Å². The molecule has 0 aromatic heterocycles. The zero-order valence-electron chi connectivity index (χ0n) is 23.3. The Morgan fingerprint density at radius 1 is 1.20 bits per heavy atom. The van der Waals surface area contributed by atoms with Gasteiger partial charge < -0.3 is 39.7 Å². The van der Waals surface area contributed by atoms with E-state index in [1.807, 2.05) is 0 Å².